The van der Waals surface area contributed by atoms with Crippen molar-refractivity contribution in [2.45, 2.75) is 44.6 Å². The van der Waals surface area contributed by atoms with Gasteiger partial charge in [-0.15, -0.1) is 0 Å². The van der Waals surface area contributed by atoms with Crippen molar-refractivity contribution in [3.8, 4) is 0 Å². The fourth-order valence-corrected chi connectivity index (χ4v) is 1.77. The summed E-state index contributed by atoms with van der Waals surface area (Å²) in [5.74, 6) is -0.577. The fourth-order valence-electron chi connectivity index (χ4n) is 1.77. The molecule has 0 radical (unpaired) electrons. The van der Waals surface area contributed by atoms with Crippen molar-refractivity contribution in [2.24, 2.45) is 0 Å². The Hall–Kier alpha value is -1.85. The molecule has 0 spiro atoms. The fraction of sp³-hybridized carbons (Fsp3) is 0.583. The maximum absolute atomic E-state index is 11.8. The minimum atomic E-state index is -0.855. The lowest BCUT2D eigenvalue weighted by Gasteiger charge is -2.11. The van der Waals surface area contributed by atoms with E-state index in [0.717, 1.165) is 18.5 Å². The summed E-state index contributed by atoms with van der Waals surface area (Å²) in [4.78, 5) is 22.2. The second-order valence-electron chi connectivity index (χ2n) is 4.79. The van der Waals surface area contributed by atoms with E-state index in [4.69, 9.17) is 5.11 Å². The maximum Gasteiger partial charge on any atom is 0.303 e. The summed E-state index contributed by atoms with van der Waals surface area (Å²) in [6.07, 6.45) is 2.77. The topological polar surface area (TPSA) is 95.1 Å². The first-order chi connectivity index (χ1) is 8.56. The molecule has 1 aromatic heterocycles. The van der Waals surface area contributed by atoms with Crippen molar-refractivity contribution in [1.29, 1.82) is 0 Å². The lowest BCUT2D eigenvalue weighted by molar-refractivity contribution is -0.137. The van der Waals surface area contributed by atoms with Crippen molar-refractivity contribution >= 4 is 11.9 Å². The van der Waals surface area contributed by atoms with E-state index in [-0.39, 0.29) is 18.4 Å². The van der Waals surface area contributed by atoms with E-state index < -0.39 is 5.97 Å². The summed E-state index contributed by atoms with van der Waals surface area (Å²) < 4.78 is 0. The molecule has 1 amide bonds. The summed E-state index contributed by atoms with van der Waals surface area (Å²) in [7, 11) is 0. The lowest BCUT2D eigenvalue weighted by atomic mass is 10.2. The Balaban J connectivity index is 1.84. The van der Waals surface area contributed by atoms with E-state index in [0.29, 0.717) is 18.0 Å². The van der Waals surface area contributed by atoms with E-state index in [1.54, 1.807) is 13.0 Å². The van der Waals surface area contributed by atoms with Gasteiger partial charge < -0.3 is 10.4 Å². The number of H-pyrrole nitrogens is 1. The van der Waals surface area contributed by atoms with Gasteiger partial charge in [-0.2, -0.15) is 5.10 Å². The molecule has 1 heterocycles. The predicted molar refractivity (Wildman–Crippen MR) is 64.4 cm³/mol. The molecular weight excluding hydrogens is 234 g/mol. The van der Waals surface area contributed by atoms with Crippen LogP contribution in [0.4, 0.5) is 0 Å². The molecule has 1 aliphatic rings. The molecule has 1 saturated carbocycles. The van der Waals surface area contributed by atoms with Crippen molar-refractivity contribution in [1.82, 2.24) is 15.5 Å². The van der Waals surface area contributed by atoms with Crippen LogP contribution in [0.2, 0.25) is 0 Å². The molecule has 1 fully saturated rings. The number of hydrogen-bond acceptors (Lipinski definition) is 3. The quantitative estimate of drug-likeness (QED) is 0.709. The molecule has 1 aliphatic carbocycles. The van der Waals surface area contributed by atoms with Crippen LogP contribution in [0.5, 0.6) is 0 Å². The van der Waals surface area contributed by atoms with Crippen molar-refractivity contribution in [3.63, 3.8) is 0 Å². The minimum Gasteiger partial charge on any atom is -0.481 e. The summed E-state index contributed by atoms with van der Waals surface area (Å²) >= 11 is 0. The molecule has 2 rings (SSSR count). The third-order valence-electron chi connectivity index (χ3n) is 3.02. The van der Waals surface area contributed by atoms with Gasteiger partial charge in [0.05, 0.1) is 0 Å². The van der Waals surface area contributed by atoms with Gasteiger partial charge in [-0.1, -0.05) is 0 Å². The van der Waals surface area contributed by atoms with Gasteiger partial charge in [0.15, 0.2) is 0 Å². The summed E-state index contributed by atoms with van der Waals surface area (Å²) in [6.45, 7) is 1.79. The molecule has 0 saturated heterocycles. The first-order valence-corrected chi connectivity index (χ1v) is 6.14. The Labute approximate surface area is 105 Å². The number of nitrogens with one attached hydrogen (secondary N) is 2. The van der Waals surface area contributed by atoms with Crippen LogP contribution in [-0.2, 0) is 4.79 Å². The minimum absolute atomic E-state index is 0.0509. The molecule has 3 N–H and O–H groups in total. The van der Waals surface area contributed by atoms with Gasteiger partial charge in [0.2, 0.25) is 0 Å². The third kappa shape index (κ3) is 3.32. The molecule has 6 heteroatoms. The summed E-state index contributed by atoms with van der Waals surface area (Å²) in [6, 6.07) is 1.60. The van der Waals surface area contributed by atoms with Crippen LogP contribution in [0.25, 0.3) is 0 Å². The Bertz CT molecular complexity index is 451. The first kappa shape index (κ1) is 12.6. The number of rotatable bonds is 6. The standard InChI is InChI=1S/C12H17N3O3/c1-7(2-5-11(16)17)13-12(18)10-6-9(14-15-10)8-3-4-8/h6-8H,2-5H2,1H3,(H,13,18)(H,14,15)(H,16,17). The second-order valence-corrected chi connectivity index (χ2v) is 4.79. The lowest BCUT2D eigenvalue weighted by Crippen LogP contribution is -2.33. The van der Waals surface area contributed by atoms with Crippen LogP contribution in [0.3, 0.4) is 0 Å². The number of carboxylic acids is 1. The number of aromatic amines is 1. The van der Waals surface area contributed by atoms with Gasteiger partial charge in [-0.05, 0) is 32.3 Å². The Kier molecular flexibility index (Phi) is 3.64. The van der Waals surface area contributed by atoms with Gasteiger partial charge in [0.1, 0.15) is 5.69 Å². The zero-order valence-corrected chi connectivity index (χ0v) is 10.3. The van der Waals surface area contributed by atoms with Gasteiger partial charge in [0.25, 0.3) is 5.91 Å². The highest BCUT2D eigenvalue weighted by atomic mass is 16.4. The molecule has 0 aliphatic heterocycles. The average molecular weight is 251 g/mol. The highest BCUT2D eigenvalue weighted by Crippen LogP contribution is 2.38. The first-order valence-electron chi connectivity index (χ1n) is 6.14. The number of carboxylic acid groups (broad SMARTS) is 1. The predicted octanol–water partition coefficient (Wildman–Crippen LogP) is 1.27. The number of amides is 1. The number of carbonyl (C=O) groups is 2. The number of nitrogens with zero attached hydrogens (tertiary/aromatic N) is 1. The molecule has 98 valence electrons. The van der Waals surface area contributed by atoms with E-state index in [1.165, 1.54) is 0 Å². The third-order valence-corrected chi connectivity index (χ3v) is 3.02. The van der Waals surface area contributed by atoms with Crippen molar-refractivity contribution in [3.05, 3.63) is 17.5 Å². The molecule has 0 aromatic carbocycles. The van der Waals surface area contributed by atoms with Gasteiger partial charge in [-0.3, -0.25) is 14.7 Å². The molecule has 6 nitrogen and oxygen atoms in total. The van der Waals surface area contributed by atoms with E-state index in [2.05, 4.69) is 15.5 Å². The Morgan fingerprint density at radius 2 is 2.33 bits per heavy atom. The number of hydrogen-bond donors (Lipinski definition) is 3. The molecule has 0 bridgehead atoms. The maximum atomic E-state index is 11.8. The number of carbonyl (C=O) groups excluding carboxylic acids is 1. The molecule has 1 unspecified atom stereocenters. The molecule has 1 aromatic rings. The van der Waals surface area contributed by atoms with Gasteiger partial charge in [0, 0.05) is 24.1 Å². The summed E-state index contributed by atoms with van der Waals surface area (Å²) in [5.41, 5.74) is 1.39. The molecule has 18 heavy (non-hydrogen) atoms. The van der Waals surface area contributed by atoms with Crippen LogP contribution in [0, 0.1) is 0 Å². The van der Waals surface area contributed by atoms with Crippen molar-refractivity contribution < 1.29 is 14.7 Å². The van der Waals surface area contributed by atoms with E-state index >= 15 is 0 Å². The van der Waals surface area contributed by atoms with E-state index in [1.807, 2.05) is 0 Å². The second kappa shape index (κ2) is 5.20. The van der Waals surface area contributed by atoms with Crippen LogP contribution >= 0.6 is 0 Å². The highest BCUT2D eigenvalue weighted by molar-refractivity contribution is 5.92. The Morgan fingerprint density at radius 1 is 1.61 bits per heavy atom. The monoisotopic (exact) mass is 251 g/mol. The highest BCUT2D eigenvalue weighted by Gasteiger charge is 2.26. The van der Waals surface area contributed by atoms with Crippen LogP contribution in [0.15, 0.2) is 6.07 Å². The number of aromatic nitrogens is 2. The van der Waals surface area contributed by atoms with Gasteiger partial charge >= 0.3 is 5.97 Å². The largest absolute Gasteiger partial charge is 0.481 e. The number of aliphatic carboxylic acids is 1. The normalized spacial score (nSPS) is 16.3. The van der Waals surface area contributed by atoms with Crippen molar-refractivity contribution in [2.75, 3.05) is 0 Å². The zero-order valence-electron chi connectivity index (χ0n) is 10.3. The van der Waals surface area contributed by atoms with Crippen LogP contribution < -0.4 is 5.32 Å². The summed E-state index contributed by atoms with van der Waals surface area (Å²) in [5, 5.41) is 18.1. The average Bonchev–Trinajstić information content (AvgIpc) is 3.04. The zero-order chi connectivity index (χ0) is 13.1. The van der Waals surface area contributed by atoms with E-state index in [9.17, 15) is 9.59 Å². The molecular formula is C12H17N3O3. The van der Waals surface area contributed by atoms with Gasteiger partial charge in [-0.25, -0.2) is 0 Å². The van der Waals surface area contributed by atoms with Crippen LogP contribution in [0.1, 0.15) is 54.7 Å². The SMILES string of the molecule is CC(CCC(=O)O)NC(=O)c1cc(C2CC2)[nH]n1. The molecule has 1 atom stereocenters. The van der Waals surface area contributed by atoms with Crippen LogP contribution in [-0.4, -0.2) is 33.2 Å². The Morgan fingerprint density at radius 3 is 2.94 bits per heavy atom. The smallest absolute Gasteiger partial charge is 0.303 e.